The second kappa shape index (κ2) is 7.41. The minimum absolute atomic E-state index is 0.101. The van der Waals surface area contributed by atoms with Crippen molar-refractivity contribution in [2.45, 2.75) is 20.0 Å². The Morgan fingerprint density at radius 3 is 3.05 bits per heavy atom. The van der Waals surface area contributed by atoms with Gasteiger partial charge in [0.05, 0.1) is 24.4 Å². The van der Waals surface area contributed by atoms with Crippen LogP contribution < -0.4 is 0 Å². The number of aliphatic hydroxyl groups excluding tert-OH is 1. The van der Waals surface area contributed by atoms with Gasteiger partial charge in [-0.25, -0.2) is 4.98 Å². The Bertz CT molecular complexity index is 578. The van der Waals surface area contributed by atoms with Gasteiger partial charge in [-0.15, -0.1) is 22.7 Å². The Morgan fingerprint density at radius 1 is 1.42 bits per heavy atom. The SMILES string of the molecule is Cc1ncsc1CCOCc1cc(C#CCO)cs1. The molecule has 3 nitrogen and oxygen atoms in total. The van der Waals surface area contributed by atoms with E-state index < -0.39 is 0 Å². The van der Waals surface area contributed by atoms with Crippen molar-refractivity contribution in [1.82, 2.24) is 4.98 Å². The molecule has 0 saturated carbocycles. The van der Waals surface area contributed by atoms with E-state index in [2.05, 4.69) is 16.8 Å². The third kappa shape index (κ3) is 4.44. The molecule has 1 N–H and O–H groups in total. The molecule has 100 valence electrons. The van der Waals surface area contributed by atoms with Crippen molar-refractivity contribution in [1.29, 1.82) is 0 Å². The maximum absolute atomic E-state index is 8.62. The van der Waals surface area contributed by atoms with Crippen LogP contribution in [0.2, 0.25) is 0 Å². The largest absolute Gasteiger partial charge is 0.384 e. The minimum Gasteiger partial charge on any atom is -0.384 e. The first kappa shape index (κ1) is 14.2. The highest BCUT2D eigenvalue weighted by Gasteiger charge is 2.02. The van der Waals surface area contributed by atoms with Crippen LogP contribution in [0.25, 0.3) is 0 Å². The van der Waals surface area contributed by atoms with E-state index in [0.717, 1.165) is 22.6 Å². The van der Waals surface area contributed by atoms with Crippen LogP contribution in [0.1, 0.15) is 21.0 Å². The van der Waals surface area contributed by atoms with Crippen LogP contribution >= 0.6 is 22.7 Å². The smallest absolute Gasteiger partial charge is 0.104 e. The molecule has 2 heterocycles. The van der Waals surface area contributed by atoms with Gasteiger partial charge in [0.25, 0.3) is 0 Å². The lowest BCUT2D eigenvalue weighted by Gasteiger charge is -2.01. The third-order valence-corrected chi connectivity index (χ3v) is 4.43. The van der Waals surface area contributed by atoms with Crippen molar-refractivity contribution >= 4 is 22.7 Å². The molecule has 0 fully saturated rings. The van der Waals surface area contributed by atoms with Crippen molar-refractivity contribution in [2.24, 2.45) is 0 Å². The molecular formula is C14H15NO2S2. The van der Waals surface area contributed by atoms with Gasteiger partial charge >= 0.3 is 0 Å². The number of aliphatic hydroxyl groups is 1. The average Bonchev–Trinajstić information content (AvgIpc) is 3.02. The Balaban J connectivity index is 1.74. The third-order valence-electron chi connectivity index (χ3n) is 2.53. The number of thiophene rings is 1. The van der Waals surface area contributed by atoms with Gasteiger partial charge in [0.15, 0.2) is 0 Å². The molecular weight excluding hydrogens is 278 g/mol. The first-order chi connectivity index (χ1) is 9.29. The highest BCUT2D eigenvalue weighted by molar-refractivity contribution is 7.10. The first-order valence-corrected chi connectivity index (χ1v) is 7.69. The molecule has 19 heavy (non-hydrogen) atoms. The van der Waals surface area contributed by atoms with E-state index in [1.807, 2.05) is 23.9 Å². The van der Waals surface area contributed by atoms with Crippen molar-refractivity contribution < 1.29 is 9.84 Å². The number of rotatable bonds is 5. The van der Waals surface area contributed by atoms with Gasteiger partial charge in [0.2, 0.25) is 0 Å². The number of thiazole rings is 1. The summed E-state index contributed by atoms with van der Waals surface area (Å²) in [5.41, 5.74) is 3.91. The quantitative estimate of drug-likeness (QED) is 0.680. The molecule has 0 aromatic carbocycles. The van der Waals surface area contributed by atoms with Crippen molar-refractivity contribution in [3.63, 3.8) is 0 Å². The summed E-state index contributed by atoms with van der Waals surface area (Å²) in [5.74, 6) is 5.52. The van der Waals surface area contributed by atoms with E-state index in [1.54, 1.807) is 22.7 Å². The van der Waals surface area contributed by atoms with Gasteiger partial charge in [-0.05, 0) is 13.0 Å². The molecule has 0 amide bonds. The van der Waals surface area contributed by atoms with Gasteiger partial charge in [-0.1, -0.05) is 11.8 Å². The molecule has 2 aromatic heterocycles. The number of hydrogen-bond acceptors (Lipinski definition) is 5. The molecule has 0 bridgehead atoms. The zero-order valence-corrected chi connectivity index (χ0v) is 12.3. The Hall–Kier alpha value is -1.19. The van der Waals surface area contributed by atoms with Crippen LogP contribution in [0.4, 0.5) is 0 Å². The predicted molar refractivity (Wildman–Crippen MR) is 78.5 cm³/mol. The monoisotopic (exact) mass is 293 g/mol. The lowest BCUT2D eigenvalue weighted by Crippen LogP contribution is -1.97. The van der Waals surface area contributed by atoms with Crippen LogP contribution in [0.3, 0.4) is 0 Å². The summed E-state index contributed by atoms with van der Waals surface area (Å²) in [6.45, 7) is 3.25. The molecule has 0 radical (unpaired) electrons. The van der Waals surface area contributed by atoms with Gasteiger partial charge in [-0.2, -0.15) is 0 Å². The van der Waals surface area contributed by atoms with E-state index in [4.69, 9.17) is 9.84 Å². The fourth-order valence-corrected chi connectivity index (χ4v) is 3.08. The standard InChI is InChI=1S/C14H15NO2S2/c1-11-14(19-10-15-11)4-6-17-8-13-7-12(9-18-13)3-2-5-16/h7,9-10,16H,4-6,8H2,1H3. The molecule has 5 heteroatoms. The first-order valence-electron chi connectivity index (χ1n) is 5.93. The fraction of sp³-hybridized carbons (Fsp3) is 0.357. The molecule has 0 aliphatic rings. The number of hydrogen-bond donors (Lipinski definition) is 1. The number of aromatic nitrogens is 1. The summed E-state index contributed by atoms with van der Waals surface area (Å²) < 4.78 is 5.66. The second-order valence-electron chi connectivity index (χ2n) is 3.93. The van der Waals surface area contributed by atoms with Crippen LogP contribution in [0, 0.1) is 18.8 Å². The number of aryl methyl sites for hydroxylation is 1. The maximum atomic E-state index is 8.62. The van der Waals surface area contributed by atoms with Gasteiger partial charge < -0.3 is 9.84 Å². The van der Waals surface area contributed by atoms with Crippen LogP contribution in [0.5, 0.6) is 0 Å². The second-order valence-corrected chi connectivity index (χ2v) is 5.86. The van der Waals surface area contributed by atoms with Crippen LogP contribution in [-0.2, 0) is 17.8 Å². The van der Waals surface area contributed by atoms with E-state index >= 15 is 0 Å². The molecule has 2 aromatic rings. The zero-order chi connectivity index (χ0) is 13.5. The molecule has 0 atom stereocenters. The fourth-order valence-electron chi connectivity index (χ4n) is 1.57. The van der Waals surface area contributed by atoms with Crippen molar-refractivity contribution in [3.05, 3.63) is 38.0 Å². The summed E-state index contributed by atoms with van der Waals surface area (Å²) in [7, 11) is 0. The van der Waals surface area contributed by atoms with Crippen LogP contribution in [0.15, 0.2) is 17.0 Å². The highest BCUT2D eigenvalue weighted by Crippen LogP contribution is 2.16. The minimum atomic E-state index is -0.101. The Kier molecular flexibility index (Phi) is 5.55. The average molecular weight is 293 g/mol. The van der Waals surface area contributed by atoms with E-state index in [1.165, 1.54) is 4.88 Å². The predicted octanol–water partition coefficient (Wildman–Crippen LogP) is 2.62. The summed E-state index contributed by atoms with van der Waals surface area (Å²) in [5, 5.41) is 10.6. The molecule has 0 aliphatic carbocycles. The molecule has 0 saturated heterocycles. The zero-order valence-electron chi connectivity index (χ0n) is 10.7. The summed E-state index contributed by atoms with van der Waals surface area (Å²) in [6.07, 6.45) is 0.916. The number of ether oxygens (including phenoxy) is 1. The maximum Gasteiger partial charge on any atom is 0.104 e. The normalized spacial score (nSPS) is 10.2. The molecule has 0 unspecified atom stereocenters. The van der Waals surface area contributed by atoms with E-state index in [0.29, 0.717) is 13.2 Å². The molecule has 0 spiro atoms. The Morgan fingerprint density at radius 2 is 2.32 bits per heavy atom. The lowest BCUT2D eigenvalue weighted by atomic mass is 10.3. The summed E-state index contributed by atoms with van der Waals surface area (Å²) >= 11 is 3.31. The molecule has 2 rings (SSSR count). The highest BCUT2D eigenvalue weighted by atomic mass is 32.1. The van der Waals surface area contributed by atoms with E-state index in [-0.39, 0.29) is 6.61 Å². The van der Waals surface area contributed by atoms with Gasteiger partial charge in [0.1, 0.15) is 6.61 Å². The van der Waals surface area contributed by atoms with Crippen LogP contribution in [-0.4, -0.2) is 23.3 Å². The lowest BCUT2D eigenvalue weighted by molar-refractivity contribution is 0.126. The van der Waals surface area contributed by atoms with Crippen molar-refractivity contribution in [3.8, 4) is 11.8 Å². The van der Waals surface area contributed by atoms with Crippen molar-refractivity contribution in [2.75, 3.05) is 13.2 Å². The van der Waals surface area contributed by atoms with E-state index in [9.17, 15) is 0 Å². The molecule has 0 aliphatic heterocycles. The van der Waals surface area contributed by atoms with Gasteiger partial charge in [0, 0.05) is 27.1 Å². The number of nitrogens with zero attached hydrogens (tertiary/aromatic N) is 1. The van der Waals surface area contributed by atoms with Gasteiger partial charge in [-0.3, -0.25) is 0 Å². The summed E-state index contributed by atoms with van der Waals surface area (Å²) in [4.78, 5) is 6.66. The topological polar surface area (TPSA) is 42.4 Å². The Labute approximate surface area is 120 Å². The summed E-state index contributed by atoms with van der Waals surface area (Å²) in [6, 6.07) is 2.01.